The number of nitrogens with two attached hydrogens (primary N) is 1. The van der Waals surface area contributed by atoms with Gasteiger partial charge in [-0.25, -0.2) is 12.8 Å². The topological polar surface area (TPSA) is 72.6 Å². The van der Waals surface area contributed by atoms with Gasteiger partial charge in [-0.05, 0) is 37.5 Å². The minimum absolute atomic E-state index is 0.0194. The zero-order valence-electron chi connectivity index (χ0n) is 11.9. The van der Waals surface area contributed by atoms with Gasteiger partial charge in [0.1, 0.15) is 5.82 Å². The summed E-state index contributed by atoms with van der Waals surface area (Å²) in [5.74, 6) is -0.432. The van der Waals surface area contributed by atoms with Crippen molar-refractivity contribution in [3.8, 4) is 0 Å². The normalized spacial score (nSPS) is 26.2. The quantitative estimate of drug-likeness (QED) is 0.908. The third-order valence-corrected chi connectivity index (χ3v) is 5.98. The van der Waals surface area contributed by atoms with E-state index in [1.165, 1.54) is 16.4 Å². The first-order valence-corrected chi connectivity index (χ1v) is 8.50. The monoisotopic (exact) mass is 314 g/mol. The predicted molar refractivity (Wildman–Crippen MR) is 75.7 cm³/mol. The summed E-state index contributed by atoms with van der Waals surface area (Å²) in [6.45, 7) is 2.27. The number of halogens is 1. The van der Waals surface area contributed by atoms with Gasteiger partial charge in [0.25, 0.3) is 0 Å². The Kier molecular flexibility index (Phi) is 3.77. The number of hydrogen-bond acceptors (Lipinski definition) is 4. The maximum atomic E-state index is 13.8. The molecule has 0 spiro atoms. The molecular formula is C14H19FN2O3S. The van der Waals surface area contributed by atoms with Crippen molar-refractivity contribution in [2.24, 2.45) is 5.73 Å². The van der Waals surface area contributed by atoms with Crippen LogP contribution in [0.25, 0.3) is 0 Å². The van der Waals surface area contributed by atoms with Crippen LogP contribution >= 0.6 is 0 Å². The van der Waals surface area contributed by atoms with Crippen LogP contribution in [0, 0.1) is 12.7 Å². The third kappa shape index (κ3) is 2.59. The van der Waals surface area contributed by atoms with Crippen molar-refractivity contribution in [3.05, 3.63) is 29.1 Å². The molecule has 0 amide bonds. The Balaban J connectivity index is 1.97. The van der Waals surface area contributed by atoms with E-state index in [0.29, 0.717) is 18.7 Å². The van der Waals surface area contributed by atoms with Gasteiger partial charge in [0.2, 0.25) is 10.0 Å². The lowest BCUT2D eigenvalue weighted by atomic mass is 10.1. The molecule has 1 aromatic carbocycles. The number of sulfonamides is 1. The Labute approximate surface area is 123 Å². The highest BCUT2D eigenvalue weighted by molar-refractivity contribution is 7.89. The number of benzene rings is 1. The van der Waals surface area contributed by atoms with Crippen LogP contribution < -0.4 is 5.73 Å². The summed E-state index contributed by atoms with van der Waals surface area (Å²) in [7, 11) is -3.63. The number of nitrogens with zero attached hydrogens (tertiary/aromatic N) is 1. The Morgan fingerprint density at radius 3 is 2.52 bits per heavy atom. The van der Waals surface area contributed by atoms with E-state index in [1.807, 2.05) is 0 Å². The lowest BCUT2D eigenvalue weighted by molar-refractivity contribution is -0.0114. The second-order valence-corrected chi connectivity index (χ2v) is 7.63. The molecule has 0 aromatic heterocycles. The highest BCUT2D eigenvalue weighted by atomic mass is 32.2. The van der Waals surface area contributed by atoms with Crippen LogP contribution in [0.3, 0.4) is 0 Å². The molecule has 0 radical (unpaired) electrons. The molecule has 5 nitrogen and oxygen atoms in total. The van der Waals surface area contributed by atoms with E-state index in [4.69, 9.17) is 10.5 Å². The Morgan fingerprint density at radius 1 is 1.33 bits per heavy atom. The molecule has 2 N–H and O–H groups in total. The van der Waals surface area contributed by atoms with Crippen molar-refractivity contribution in [1.82, 2.24) is 4.31 Å². The lowest BCUT2D eigenvalue weighted by Crippen LogP contribution is -2.45. The zero-order chi connectivity index (χ0) is 15.2. The molecule has 21 heavy (non-hydrogen) atoms. The van der Waals surface area contributed by atoms with Crippen LogP contribution in [0.1, 0.15) is 24.0 Å². The van der Waals surface area contributed by atoms with Gasteiger partial charge in [-0.3, -0.25) is 0 Å². The first-order chi connectivity index (χ1) is 9.91. The summed E-state index contributed by atoms with van der Waals surface area (Å²) in [6, 6.07) is 2.72. The van der Waals surface area contributed by atoms with E-state index in [9.17, 15) is 12.8 Å². The minimum Gasteiger partial charge on any atom is -0.372 e. The van der Waals surface area contributed by atoms with E-state index in [-0.39, 0.29) is 29.2 Å². The van der Waals surface area contributed by atoms with Crippen LogP contribution in [0.2, 0.25) is 0 Å². The maximum absolute atomic E-state index is 13.8. The van der Waals surface area contributed by atoms with Crippen LogP contribution in [0.15, 0.2) is 17.0 Å². The molecule has 3 rings (SSSR count). The second-order valence-electron chi connectivity index (χ2n) is 5.70. The molecule has 0 aliphatic carbocycles. The molecule has 0 saturated carbocycles. The largest absolute Gasteiger partial charge is 0.372 e. The number of aryl methyl sites for hydroxylation is 1. The summed E-state index contributed by atoms with van der Waals surface area (Å²) in [5, 5.41) is 0. The zero-order valence-corrected chi connectivity index (χ0v) is 12.7. The lowest BCUT2D eigenvalue weighted by Gasteiger charge is -2.31. The first-order valence-electron chi connectivity index (χ1n) is 7.06. The second kappa shape index (κ2) is 5.31. The van der Waals surface area contributed by atoms with E-state index in [2.05, 4.69) is 0 Å². The summed E-state index contributed by atoms with van der Waals surface area (Å²) in [5.41, 5.74) is 6.02. The molecule has 7 heteroatoms. The van der Waals surface area contributed by atoms with Crippen LogP contribution in [-0.2, 0) is 21.3 Å². The molecule has 2 aliphatic heterocycles. The fourth-order valence-corrected chi connectivity index (χ4v) is 4.67. The number of hydrogen-bond donors (Lipinski definition) is 1. The van der Waals surface area contributed by atoms with E-state index in [1.54, 1.807) is 6.92 Å². The van der Waals surface area contributed by atoms with Crippen molar-refractivity contribution >= 4 is 10.0 Å². The maximum Gasteiger partial charge on any atom is 0.243 e. The molecule has 2 fully saturated rings. The third-order valence-electron chi connectivity index (χ3n) is 4.17. The fraction of sp³-hybridized carbons (Fsp3) is 0.571. The number of rotatable bonds is 3. The van der Waals surface area contributed by atoms with Gasteiger partial charge in [0, 0.05) is 25.2 Å². The number of ether oxygens (including phenoxy) is 1. The van der Waals surface area contributed by atoms with Crippen molar-refractivity contribution in [2.75, 3.05) is 13.1 Å². The van der Waals surface area contributed by atoms with Gasteiger partial charge in [-0.1, -0.05) is 0 Å². The summed E-state index contributed by atoms with van der Waals surface area (Å²) in [6.07, 6.45) is 1.75. The van der Waals surface area contributed by atoms with Crippen LogP contribution in [0.4, 0.5) is 4.39 Å². The summed E-state index contributed by atoms with van der Waals surface area (Å²) < 4.78 is 46.4. The van der Waals surface area contributed by atoms with Gasteiger partial charge in [0.05, 0.1) is 17.1 Å². The van der Waals surface area contributed by atoms with Gasteiger partial charge in [0.15, 0.2) is 0 Å². The molecule has 1 aromatic rings. The predicted octanol–water partition coefficient (Wildman–Crippen LogP) is 1.14. The Bertz CT molecular complexity index is 650. The van der Waals surface area contributed by atoms with Crippen LogP contribution in [0.5, 0.6) is 0 Å². The van der Waals surface area contributed by atoms with E-state index in [0.717, 1.165) is 12.8 Å². The molecular weight excluding hydrogens is 295 g/mol. The smallest absolute Gasteiger partial charge is 0.243 e. The minimum atomic E-state index is -3.63. The van der Waals surface area contributed by atoms with Crippen molar-refractivity contribution in [1.29, 1.82) is 0 Å². The number of fused-ring (bicyclic) bond motifs is 2. The van der Waals surface area contributed by atoms with Gasteiger partial charge in [-0.2, -0.15) is 4.31 Å². The van der Waals surface area contributed by atoms with Crippen molar-refractivity contribution in [2.45, 2.75) is 43.4 Å². The molecule has 2 heterocycles. The van der Waals surface area contributed by atoms with E-state index >= 15 is 0 Å². The molecule has 116 valence electrons. The summed E-state index contributed by atoms with van der Waals surface area (Å²) in [4.78, 5) is 0.114. The van der Waals surface area contributed by atoms with Crippen molar-refractivity contribution < 1.29 is 17.5 Å². The highest BCUT2D eigenvalue weighted by Gasteiger charge is 2.39. The molecule has 2 saturated heterocycles. The van der Waals surface area contributed by atoms with Crippen molar-refractivity contribution in [3.63, 3.8) is 0 Å². The fourth-order valence-electron chi connectivity index (χ4n) is 3.03. The Morgan fingerprint density at radius 2 is 1.95 bits per heavy atom. The van der Waals surface area contributed by atoms with Crippen LogP contribution in [-0.4, -0.2) is 38.0 Å². The first kappa shape index (κ1) is 14.9. The summed E-state index contributed by atoms with van der Waals surface area (Å²) >= 11 is 0. The van der Waals surface area contributed by atoms with Gasteiger partial charge < -0.3 is 10.5 Å². The van der Waals surface area contributed by atoms with E-state index < -0.39 is 15.8 Å². The molecule has 2 aliphatic rings. The Hall–Kier alpha value is -1.02. The standard InChI is InChI=1S/C14H19FN2O3S/c1-9-4-13(5-10(6-16)14(9)15)21(18,19)17-7-11-2-3-12(8-17)20-11/h4-5,11-12H,2-3,6-8,16H2,1H3. The average molecular weight is 314 g/mol. The van der Waals surface area contributed by atoms with Gasteiger partial charge >= 0.3 is 0 Å². The molecule has 2 unspecified atom stereocenters. The van der Waals surface area contributed by atoms with Gasteiger partial charge in [-0.15, -0.1) is 0 Å². The molecule has 2 bridgehead atoms. The highest BCUT2D eigenvalue weighted by Crippen LogP contribution is 2.30. The SMILES string of the molecule is Cc1cc(S(=O)(=O)N2CC3CCC(C2)O3)cc(CN)c1F. The molecule has 2 atom stereocenters. The number of morpholine rings is 1. The average Bonchev–Trinajstić information content (AvgIpc) is 2.79.